The summed E-state index contributed by atoms with van der Waals surface area (Å²) < 4.78 is 5.28. The van der Waals surface area contributed by atoms with E-state index < -0.39 is 0 Å². The van der Waals surface area contributed by atoms with Gasteiger partial charge < -0.3 is 0 Å². The lowest BCUT2D eigenvalue weighted by atomic mass is 9.84. The van der Waals surface area contributed by atoms with Crippen molar-refractivity contribution in [1.82, 2.24) is 0 Å². The van der Waals surface area contributed by atoms with Crippen molar-refractivity contribution in [3.8, 4) is 44.5 Å². The summed E-state index contributed by atoms with van der Waals surface area (Å²) in [5.41, 5.74) is 10.2. The topological polar surface area (TPSA) is 0 Å². The van der Waals surface area contributed by atoms with E-state index in [1.54, 1.807) is 0 Å². The smallest absolute Gasteiger partial charge is 0.0440 e. The molecule has 2 heterocycles. The minimum absolute atomic E-state index is 1.24. The Kier molecular flexibility index (Phi) is 7.07. The first-order valence-corrected chi connectivity index (χ1v) is 20.8. The maximum absolute atomic E-state index is 2.52. The molecule has 12 aromatic rings. The molecule has 0 aliphatic rings. The number of thiophene rings is 2. The van der Waals surface area contributed by atoms with Crippen molar-refractivity contribution in [2.45, 2.75) is 0 Å². The molecule has 0 spiro atoms. The van der Waals surface area contributed by atoms with Crippen LogP contribution in [-0.2, 0) is 0 Å². The minimum atomic E-state index is 1.24. The summed E-state index contributed by atoms with van der Waals surface area (Å²) in [5, 5.41) is 13.0. The van der Waals surface area contributed by atoms with Crippen LogP contribution in [0.1, 0.15) is 0 Å². The fraction of sp³-hybridized carbons (Fsp3) is 0. The fourth-order valence-corrected chi connectivity index (χ4v) is 11.7. The largest absolute Gasteiger partial charge is 0.135 e. The highest BCUT2D eigenvalue weighted by Gasteiger charge is 2.22. The van der Waals surface area contributed by atoms with Gasteiger partial charge in [-0.15, -0.1) is 22.7 Å². The Balaban J connectivity index is 1.21. The van der Waals surface area contributed by atoms with E-state index in [1.807, 2.05) is 22.7 Å². The van der Waals surface area contributed by atoms with Gasteiger partial charge in [0, 0.05) is 45.9 Å². The van der Waals surface area contributed by atoms with Crippen LogP contribution in [0.25, 0.3) is 117 Å². The molecular formula is C54H32S2. The second-order valence-electron chi connectivity index (χ2n) is 14.7. The standard InChI is InChI=1S/C54H32S2/c1-3-15-33(16-4-1)35-27-28-44-48(31-35)56-54-45(29-36-19-7-8-20-38(36)53(44)54)37-30-46(52-43-25-13-14-26-47(43)55-49(52)32-37)51-41-23-11-9-21-39(41)50(34-17-5-2-6-18-34)40-22-10-12-24-42(40)51/h1-32H. The monoisotopic (exact) mass is 744 g/mol. The lowest BCUT2D eigenvalue weighted by Gasteiger charge is -2.19. The molecular weight excluding hydrogens is 713 g/mol. The first-order valence-electron chi connectivity index (χ1n) is 19.2. The summed E-state index contributed by atoms with van der Waals surface area (Å²) in [6.07, 6.45) is 0. The number of benzene rings is 10. The molecule has 0 aliphatic heterocycles. The molecule has 0 radical (unpaired) electrons. The highest BCUT2D eigenvalue weighted by Crippen LogP contribution is 2.51. The summed E-state index contributed by atoms with van der Waals surface area (Å²) >= 11 is 3.83. The SMILES string of the molecule is c1ccc(-c2ccc3c(c2)sc2c(-c4cc(-c5c6ccccc6c(-c6ccccc6)c6ccccc56)c5c(c4)sc4ccccc45)cc4ccccc4c23)cc1. The number of hydrogen-bond acceptors (Lipinski definition) is 2. The zero-order valence-corrected chi connectivity index (χ0v) is 31.9. The molecule has 0 saturated heterocycles. The average molecular weight is 745 g/mol. The van der Waals surface area contributed by atoms with E-state index in [-0.39, 0.29) is 0 Å². The molecule has 2 aromatic heterocycles. The van der Waals surface area contributed by atoms with Crippen LogP contribution >= 0.6 is 22.7 Å². The summed E-state index contributed by atoms with van der Waals surface area (Å²) in [6, 6.07) is 72.1. The van der Waals surface area contributed by atoms with Crippen molar-refractivity contribution in [1.29, 1.82) is 0 Å². The Bertz CT molecular complexity index is 3460. The molecule has 0 bridgehead atoms. The molecule has 0 amide bonds. The van der Waals surface area contributed by atoms with Crippen LogP contribution in [0.5, 0.6) is 0 Å². The fourth-order valence-electron chi connectivity index (χ4n) is 9.19. The Morgan fingerprint density at radius 1 is 0.268 bits per heavy atom. The third kappa shape index (κ3) is 4.77. The van der Waals surface area contributed by atoms with Gasteiger partial charge in [0.15, 0.2) is 0 Å². The van der Waals surface area contributed by atoms with Crippen molar-refractivity contribution in [3.63, 3.8) is 0 Å². The van der Waals surface area contributed by atoms with Crippen LogP contribution in [0.15, 0.2) is 194 Å². The van der Waals surface area contributed by atoms with Crippen molar-refractivity contribution in [3.05, 3.63) is 194 Å². The molecule has 0 fully saturated rings. The van der Waals surface area contributed by atoms with Crippen LogP contribution < -0.4 is 0 Å². The summed E-state index contributed by atoms with van der Waals surface area (Å²) in [7, 11) is 0. The first-order chi connectivity index (χ1) is 27.8. The normalized spacial score (nSPS) is 11.9. The number of fused-ring (bicyclic) bond motifs is 10. The number of rotatable bonds is 4. The van der Waals surface area contributed by atoms with Crippen LogP contribution in [0.3, 0.4) is 0 Å². The zero-order valence-electron chi connectivity index (χ0n) is 30.3. The zero-order chi connectivity index (χ0) is 36.7. The van der Waals surface area contributed by atoms with E-state index in [4.69, 9.17) is 0 Å². The summed E-state index contributed by atoms with van der Waals surface area (Å²) in [4.78, 5) is 0. The van der Waals surface area contributed by atoms with Gasteiger partial charge in [-0.25, -0.2) is 0 Å². The van der Waals surface area contributed by atoms with E-state index in [1.165, 1.54) is 117 Å². The predicted octanol–water partition coefficient (Wildman–Crippen LogP) is 16.5. The van der Waals surface area contributed by atoms with Gasteiger partial charge in [0.25, 0.3) is 0 Å². The third-order valence-corrected chi connectivity index (χ3v) is 13.9. The van der Waals surface area contributed by atoms with Gasteiger partial charge in [0.1, 0.15) is 0 Å². The van der Waals surface area contributed by atoms with Crippen LogP contribution in [0, 0.1) is 0 Å². The van der Waals surface area contributed by atoms with E-state index in [2.05, 4.69) is 194 Å². The summed E-state index contributed by atoms with van der Waals surface area (Å²) in [6.45, 7) is 0. The van der Waals surface area contributed by atoms with Gasteiger partial charge in [0.2, 0.25) is 0 Å². The Morgan fingerprint density at radius 2 is 0.821 bits per heavy atom. The Hall–Kier alpha value is -6.58. The van der Waals surface area contributed by atoms with Crippen molar-refractivity contribution in [2.24, 2.45) is 0 Å². The van der Waals surface area contributed by atoms with Crippen LogP contribution in [0.4, 0.5) is 0 Å². The molecule has 0 nitrogen and oxygen atoms in total. The first kappa shape index (κ1) is 31.7. The van der Waals surface area contributed by atoms with Gasteiger partial charge >= 0.3 is 0 Å². The lowest BCUT2D eigenvalue weighted by molar-refractivity contribution is 1.66. The van der Waals surface area contributed by atoms with Crippen LogP contribution in [0.2, 0.25) is 0 Å². The highest BCUT2D eigenvalue weighted by atomic mass is 32.1. The van der Waals surface area contributed by atoms with Gasteiger partial charge in [-0.05, 0) is 102 Å². The highest BCUT2D eigenvalue weighted by molar-refractivity contribution is 7.27. The molecule has 0 aliphatic carbocycles. The van der Waals surface area contributed by atoms with E-state index in [0.29, 0.717) is 0 Å². The molecule has 10 aromatic carbocycles. The Morgan fingerprint density at radius 3 is 1.54 bits per heavy atom. The quantitative estimate of drug-likeness (QED) is 0.157. The maximum Gasteiger partial charge on any atom is 0.0440 e. The van der Waals surface area contributed by atoms with Gasteiger partial charge in [-0.3, -0.25) is 0 Å². The molecule has 0 N–H and O–H groups in total. The molecule has 260 valence electrons. The van der Waals surface area contributed by atoms with E-state index in [9.17, 15) is 0 Å². The van der Waals surface area contributed by atoms with Crippen molar-refractivity contribution >= 4 is 95.3 Å². The maximum atomic E-state index is 2.52. The van der Waals surface area contributed by atoms with Crippen LogP contribution in [-0.4, -0.2) is 0 Å². The average Bonchev–Trinajstić information content (AvgIpc) is 3.84. The molecule has 2 heteroatoms. The van der Waals surface area contributed by atoms with Crippen molar-refractivity contribution in [2.75, 3.05) is 0 Å². The second-order valence-corrected chi connectivity index (χ2v) is 16.9. The minimum Gasteiger partial charge on any atom is -0.135 e. The molecule has 56 heavy (non-hydrogen) atoms. The van der Waals surface area contributed by atoms with E-state index >= 15 is 0 Å². The molecule has 12 rings (SSSR count). The van der Waals surface area contributed by atoms with Crippen molar-refractivity contribution < 1.29 is 0 Å². The third-order valence-electron chi connectivity index (χ3n) is 11.6. The van der Waals surface area contributed by atoms with E-state index in [0.717, 1.165) is 0 Å². The molecule has 0 saturated carbocycles. The number of hydrogen-bond donors (Lipinski definition) is 0. The summed E-state index contributed by atoms with van der Waals surface area (Å²) in [5.74, 6) is 0. The van der Waals surface area contributed by atoms with Gasteiger partial charge in [-0.2, -0.15) is 0 Å². The second kappa shape index (κ2) is 12.5. The Labute approximate surface area is 332 Å². The molecule has 0 atom stereocenters. The van der Waals surface area contributed by atoms with Gasteiger partial charge in [0.05, 0.1) is 0 Å². The lowest BCUT2D eigenvalue weighted by Crippen LogP contribution is -1.92. The molecule has 0 unspecified atom stereocenters. The van der Waals surface area contributed by atoms with Gasteiger partial charge in [-0.1, -0.05) is 164 Å². The predicted molar refractivity (Wildman–Crippen MR) is 246 cm³/mol.